The van der Waals surface area contributed by atoms with Gasteiger partial charge in [-0.2, -0.15) is 0 Å². The lowest BCUT2D eigenvalue weighted by atomic mass is 10.0. The highest BCUT2D eigenvalue weighted by Crippen LogP contribution is 2.27. The lowest BCUT2D eigenvalue weighted by molar-refractivity contribution is -0.149. The Labute approximate surface area is 120 Å². The number of alkyl halides is 1. The molecule has 2 aromatic rings. The third kappa shape index (κ3) is 2.89. The van der Waals surface area contributed by atoms with E-state index >= 15 is 0 Å². The van der Waals surface area contributed by atoms with E-state index in [1.807, 2.05) is 18.2 Å². The number of nitrogens with zero attached hydrogens (tertiary/aromatic N) is 1. The highest BCUT2D eigenvalue weighted by atomic mass is 35.5. The van der Waals surface area contributed by atoms with Crippen molar-refractivity contribution in [3.8, 4) is 0 Å². The summed E-state index contributed by atoms with van der Waals surface area (Å²) in [5.41, 5.74) is 6.73. The van der Waals surface area contributed by atoms with Crippen molar-refractivity contribution in [1.82, 2.24) is 4.98 Å². The monoisotopic (exact) mass is 296 g/mol. The number of hydrogen-bond acceptors (Lipinski definition) is 4. The first kappa shape index (κ1) is 14.7. The van der Waals surface area contributed by atoms with Gasteiger partial charge >= 0.3 is 5.97 Å². The van der Waals surface area contributed by atoms with Crippen LogP contribution in [0.4, 0.5) is 4.39 Å². The topological polar surface area (TPSA) is 65.2 Å². The number of carbonyl (C=O) groups is 1. The Hall–Kier alpha value is -1.72. The summed E-state index contributed by atoms with van der Waals surface area (Å²) in [6.45, 7) is 1.69. The van der Waals surface area contributed by atoms with Gasteiger partial charge in [0.05, 0.1) is 18.2 Å². The van der Waals surface area contributed by atoms with Crippen LogP contribution >= 0.6 is 11.6 Å². The molecule has 0 aliphatic heterocycles. The molecule has 2 N–H and O–H groups in total. The average Bonchev–Trinajstić information content (AvgIpc) is 2.45. The quantitative estimate of drug-likeness (QED) is 0.696. The number of aromatic nitrogens is 1. The molecule has 0 radical (unpaired) electrons. The molecule has 106 valence electrons. The predicted octanol–water partition coefficient (Wildman–Crippen LogP) is 2.79. The molecule has 20 heavy (non-hydrogen) atoms. The number of benzene rings is 1. The Bertz CT molecular complexity index is 636. The normalized spacial score (nSPS) is 14.0. The van der Waals surface area contributed by atoms with E-state index in [4.69, 9.17) is 17.3 Å². The Morgan fingerprint density at radius 3 is 2.90 bits per heavy atom. The first-order valence-electron chi connectivity index (χ1n) is 6.16. The Morgan fingerprint density at radius 1 is 1.50 bits per heavy atom. The van der Waals surface area contributed by atoms with Crippen molar-refractivity contribution >= 4 is 28.5 Å². The number of carbonyl (C=O) groups excluding carboxylic acids is 1. The van der Waals surface area contributed by atoms with Crippen molar-refractivity contribution in [2.75, 3.05) is 6.61 Å². The first-order chi connectivity index (χ1) is 9.54. The van der Waals surface area contributed by atoms with E-state index in [0.29, 0.717) is 5.52 Å². The van der Waals surface area contributed by atoms with Gasteiger partial charge in [-0.15, -0.1) is 0 Å². The van der Waals surface area contributed by atoms with E-state index in [-0.39, 0.29) is 17.3 Å². The number of esters is 1. The average molecular weight is 297 g/mol. The largest absolute Gasteiger partial charge is 0.464 e. The molecule has 1 aromatic heterocycles. The van der Waals surface area contributed by atoms with Gasteiger partial charge in [0.1, 0.15) is 5.15 Å². The summed E-state index contributed by atoms with van der Waals surface area (Å²) in [5, 5.41) is 0.863. The Morgan fingerprint density at radius 2 is 2.20 bits per heavy atom. The van der Waals surface area contributed by atoms with Crippen LogP contribution in [0.5, 0.6) is 0 Å². The molecule has 1 aromatic carbocycles. The number of fused-ring (bicyclic) bond motifs is 1. The molecule has 4 nitrogen and oxygen atoms in total. The first-order valence-corrected chi connectivity index (χ1v) is 6.54. The fourth-order valence-corrected chi connectivity index (χ4v) is 2.14. The minimum absolute atomic E-state index is 0.0862. The van der Waals surface area contributed by atoms with Crippen LogP contribution in [0.25, 0.3) is 10.9 Å². The van der Waals surface area contributed by atoms with E-state index in [2.05, 4.69) is 9.72 Å². The van der Waals surface area contributed by atoms with Gasteiger partial charge in [-0.3, -0.25) is 0 Å². The maximum absolute atomic E-state index is 14.0. The van der Waals surface area contributed by atoms with Crippen LogP contribution in [-0.2, 0) is 9.53 Å². The lowest BCUT2D eigenvalue weighted by Crippen LogP contribution is -2.31. The van der Waals surface area contributed by atoms with Crippen molar-refractivity contribution in [2.45, 2.75) is 19.1 Å². The highest BCUT2D eigenvalue weighted by molar-refractivity contribution is 6.30. The third-order valence-electron chi connectivity index (χ3n) is 2.89. The molecule has 0 saturated heterocycles. The summed E-state index contributed by atoms with van der Waals surface area (Å²) < 4.78 is 18.6. The van der Waals surface area contributed by atoms with Crippen LogP contribution in [0, 0.1) is 0 Å². The molecule has 0 fully saturated rings. The van der Waals surface area contributed by atoms with E-state index in [9.17, 15) is 9.18 Å². The molecule has 0 aliphatic rings. The van der Waals surface area contributed by atoms with Gasteiger partial charge in [-0.1, -0.05) is 29.8 Å². The zero-order chi connectivity index (χ0) is 14.7. The fourth-order valence-electron chi connectivity index (χ4n) is 1.87. The molecule has 0 bridgehead atoms. The van der Waals surface area contributed by atoms with E-state index in [1.165, 1.54) is 0 Å². The zero-order valence-electron chi connectivity index (χ0n) is 10.8. The number of ether oxygens (including phenoxy) is 1. The Kier molecular flexibility index (Phi) is 4.52. The summed E-state index contributed by atoms with van der Waals surface area (Å²) in [7, 11) is 0. The van der Waals surface area contributed by atoms with Crippen LogP contribution in [0.15, 0.2) is 30.3 Å². The van der Waals surface area contributed by atoms with E-state index in [1.54, 1.807) is 19.1 Å². The number of nitrogens with two attached hydrogens (primary N) is 1. The summed E-state index contributed by atoms with van der Waals surface area (Å²) in [4.78, 5) is 15.5. The van der Waals surface area contributed by atoms with E-state index in [0.717, 1.165) is 5.39 Å². The molecule has 6 heteroatoms. The molecular weight excluding hydrogens is 283 g/mol. The van der Waals surface area contributed by atoms with Crippen LogP contribution in [-0.4, -0.2) is 23.7 Å². The van der Waals surface area contributed by atoms with Gasteiger partial charge in [0.2, 0.25) is 6.17 Å². The standard InChI is InChI=1S/C14H14ClFN2O2/c1-2-20-14(19)11(16)12(17)9-7-8-5-3-4-6-10(8)18-13(9)15/h3-7,11-12H,2,17H2,1H3/t11?,12-/m1/s1. The highest BCUT2D eigenvalue weighted by Gasteiger charge is 2.29. The van der Waals surface area contributed by atoms with Crippen molar-refractivity contribution in [1.29, 1.82) is 0 Å². The number of hydrogen-bond donors (Lipinski definition) is 1. The van der Waals surface area contributed by atoms with Gasteiger partial charge in [0.15, 0.2) is 0 Å². The van der Waals surface area contributed by atoms with Gasteiger partial charge in [-0.25, -0.2) is 14.2 Å². The number of para-hydroxylation sites is 1. The zero-order valence-corrected chi connectivity index (χ0v) is 11.6. The van der Waals surface area contributed by atoms with Crippen molar-refractivity contribution < 1.29 is 13.9 Å². The molecule has 0 saturated carbocycles. The molecule has 0 aliphatic carbocycles. The Balaban J connectivity index is 2.36. The smallest absolute Gasteiger partial charge is 0.342 e. The van der Waals surface area contributed by atoms with Gasteiger partial charge in [-0.05, 0) is 19.1 Å². The van der Waals surface area contributed by atoms with Crippen molar-refractivity contribution in [3.05, 3.63) is 41.0 Å². The molecule has 2 atom stereocenters. The lowest BCUT2D eigenvalue weighted by Gasteiger charge is -2.17. The summed E-state index contributed by atoms with van der Waals surface area (Å²) in [5.74, 6) is -0.996. The molecular formula is C14H14ClFN2O2. The number of rotatable bonds is 4. The minimum Gasteiger partial charge on any atom is -0.464 e. The minimum atomic E-state index is -1.98. The van der Waals surface area contributed by atoms with Crippen LogP contribution in [0.3, 0.4) is 0 Å². The fraction of sp³-hybridized carbons (Fsp3) is 0.286. The van der Waals surface area contributed by atoms with Crippen LogP contribution in [0.2, 0.25) is 5.15 Å². The van der Waals surface area contributed by atoms with Crippen molar-refractivity contribution in [2.24, 2.45) is 5.73 Å². The molecule has 0 spiro atoms. The van der Waals surface area contributed by atoms with E-state index < -0.39 is 18.2 Å². The second kappa shape index (κ2) is 6.15. The van der Waals surface area contributed by atoms with Crippen LogP contribution < -0.4 is 5.73 Å². The molecule has 2 rings (SSSR count). The maximum atomic E-state index is 14.0. The molecule has 0 amide bonds. The predicted molar refractivity (Wildman–Crippen MR) is 75.2 cm³/mol. The molecule has 1 unspecified atom stereocenters. The second-order valence-corrected chi connectivity index (χ2v) is 4.60. The van der Waals surface area contributed by atoms with Gasteiger partial charge in [0.25, 0.3) is 0 Å². The third-order valence-corrected chi connectivity index (χ3v) is 3.19. The number of pyridine rings is 1. The second-order valence-electron chi connectivity index (χ2n) is 4.24. The van der Waals surface area contributed by atoms with Crippen LogP contribution in [0.1, 0.15) is 18.5 Å². The molecule has 1 heterocycles. The summed E-state index contributed by atoms with van der Waals surface area (Å²) >= 11 is 6.01. The maximum Gasteiger partial charge on any atom is 0.342 e. The van der Waals surface area contributed by atoms with Crippen molar-refractivity contribution in [3.63, 3.8) is 0 Å². The SMILES string of the molecule is CCOC(=O)C(F)[C@H](N)c1cc2ccccc2nc1Cl. The summed E-state index contributed by atoms with van der Waals surface area (Å²) in [6.07, 6.45) is -1.98. The summed E-state index contributed by atoms with van der Waals surface area (Å²) in [6, 6.07) is 7.68. The van der Waals surface area contributed by atoms with Gasteiger partial charge in [0, 0.05) is 10.9 Å². The van der Waals surface area contributed by atoms with Gasteiger partial charge < -0.3 is 10.5 Å². The number of halogens is 2.